The third-order valence-corrected chi connectivity index (χ3v) is 0.651. The number of halogens is 3. The van der Waals surface area contributed by atoms with Crippen molar-refractivity contribution in [2.45, 2.75) is 6.18 Å². The maximum atomic E-state index is 10.6. The summed E-state index contributed by atoms with van der Waals surface area (Å²) in [5.74, 6) is -2.76. The molecular formula is C5H4F3N3O2. The summed E-state index contributed by atoms with van der Waals surface area (Å²) in [5, 5.41) is 17.3. The SMILES string of the molecule is O=C(O)C(F)(F)F.c1cnnnc1. The lowest BCUT2D eigenvalue weighted by molar-refractivity contribution is -0.192. The Hall–Kier alpha value is -1.73. The molecule has 0 bridgehead atoms. The first-order chi connectivity index (χ1) is 5.94. The van der Waals surface area contributed by atoms with E-state index in [1.807, 2.05) is 0 Å². The van der Waals surface area contributed by atoms with E-state index in [2.05, 4.69) is 15.4 Å². The maximum absolute atomic E-state index is 10.6. The highest BCUT2D eigenvalue weighted by molar-refractivity contribution is 5.73. The average Bonchev–Trinajstić information content (AvgIpc) is 2.07. The molecule has 1 aromatic heterocycles. The van der Waals surface area contributed by atoms with E-state index in [9.17, 15) is 13.2 Å². The van der Waals surface area contributed by atoms with Crippen LogP contribution in [0.2, 0.25) is 0 Å². The van der Waals surface area contributed by atoms with Crippen LogP contribution in [0.4, 0.5) is 13.2 Å². The van der Waals surface area contributed by atoms with Gasteiger partial charge in [-0.2, -0.15) is 13.2 Å². The minimum absolute atomic E-state index is 1.58. The molecule has 1 rings (SSSR count). The van der Waals surface area contributed by atoms with E-state index in [0.29, 0.717) is 0 Å². The summed E-state index contributed by atoms with van der Waals surface area (Å²) in [4.78, 5) is 8.90. The van der Waals surface area contributed by atoms with Gasteiger partial charge in [-0.15, -0.1) is 10.2 Å². The van der Waals surface area contributed by atoms with Crippen molar-refractivity contribution in [3.8, 4) is 0 Å². The summed E-state index contributed by atoms with van der Waals surface area (Å²) in [5.41, 5.74) is 0. The molecule has 0 aliphatic heterocycles. The van der Waals surface area contributed by atoms with Crippen LogP contribution in [0.25, 0.3) is 0 Å². The van der Waals surface area contributed by atoms with Crippen molar-refractivity contribution >= 4 is 5.97 Å². The van der Waals surface area contributed by atoms with Crippen molar-refractivity contribution < 1.29 is 23.1 Å². The molecule has 5 nitrogen and oxygen atoms in total. The Balaban J connectivity index is 0.000000223. The van der Waals surface area contributed by atoms with Gasteiger partial charge in [-0.3, -0.25) is 0 Å². The lowest BCUT2D eigenvalue weighted by Gasteiger charge is -1.93. The van der Waals surface area contributed by atoms with Crippen LogP contribution in [0.5, 0.6) is 0 Å². The number of rotatable bonds is 0. The molecule has 13 heavy (non-hydrogen) atoms. The van der Waals surface area contributed by atoms with Gasteiger partial charge in [0.25, 0.3) is 0 Å². The van der Waals surface area contributed by atoms with E-state index in [1.54, 1.807) is 18.5 Å². The predicted molar refractivity (Wildman–Crippen MR) is 33.5 cm³/mol. The van der Waals surface area contributed by atoms with E-state index in [4.69, 9.17) is 9.90 Å². The molecule has 72 valence electrons. The highest BCUT2D eigenvalue weighted by Crippen LogP contribution is 2.13. The number of aromatic nitrogens is 3. The number of hydrogen-bond acceptors (Lipinski definition) is 4. The van der Waals surface area contributed by atoms with Gasteiger partial charge in [0.15, 0.2) is 0 Å². The largest absolute Gasteiger partial charge is 0.490 e. The zero-order chi connectivity index (χ0) is 10.3. The van der Waals surface area contributed by atoms with Gasteiger partial charge in [0.05, 0.1) is 12.4 Å². The van der Waals surface area contributed by atoms with E-state index in [1.165, 1.54) is 0 Å². The molecule has 0 amide bonds. The molecule has 0 spiro atoms. The summed E-state index contributed by atoms with van der Waals surface area (Å²) in [6.07, 6.45) is -1.93. The van der Waals surface area contributed by atoms with Crippen molar-refractivity contribution in [3.63, 3.8) is 0 Å². The maximum Gasteiger partial charge on any atom is 0.490 e. The standard InChI is InChI=1S/C3H3N3.C2HF3O2/c1-2-4-6-5-3-1;3-2(4,5)1(6)7/h1-3H;(H,6,7). The molecule has 0 unspecified atom stereocenters. The topological polar surface area (TPSA) is 76.0 Å². The highest BCUT2D eigenvalue weighted by Gasteiger charge is 2.38. The van der Waals surface area contributed by atoms with E-state index in [-0.39, 0.29) is 0 Å². The van der Waals surface area contributed by atoms with Gasteiger partial charge >= 0.3 is 12.1 Å². The molecule has 1 heterocycles. The number of alkyl halides is 3. The second-order valence-electron chi connectivity index (χ2n) is 1.61. The number of carboxylic acid groups (broad SMARTS) is 1. The van der Waals surface area contributed by atoms with Crippen LogP contribution >= 0.6 is 0 Å². The van der Waals surface area contributed by atoms with E-state index >= 15 is 0 Å². The normalized spacial score (nSPS) is 9.77. The summed E-state index contributed by atoms with van der Waals surface area (Å²) in [6.45, 7) is 0. The average molecular weight is 195 g/mol. The lowest BCUT2D eigenvalue weighted by atomic mass is 10.7. The predicted octanol–water partition coefficient (Wildman–Crippen LogP) is 0.505. The first-order valence-electron chi connectivity index (χ1n) is 2.83. The van der Waals surface area contributed by atoms with Crippen molar-refractivity contribution in [1.82, 2.24) is 15.4 Å². The zero-order valence-electron chi connectivity index (χ0n) is 6.06. The molecule has 0 radical (unpaired) electrons. The number of carbonyl (C=O) groups is 1. The van der Waals surface area contributed by atoms with Crippen LogP contribution < -0.4 is 0 Å². The number of carboxylic acids is 1. The Morgan fingerprint density at radius 2 is 1.62 bits per heavy atom. The second-order valence-corrected chi connectivity index (χ2v) is 1.61. The van der Waals surface area contributed by atoms with Gasteiger partial charge in [-0.05, 0) is 11.3 Å². The van der Waals surface area contributed by atoms with Crippen LogP contribution in [-0.4, -0.2) is 32.7 Å². The Morgan fingerprint density at radius 1 is 1.23 bits per heavy atom. The van der Waals surface area contributed by atoms with Crippen LogP contribution in [0, 0.1) is 0 Å². The van der Waals surface area contributed by atoms with Crippen LogP contribution in [0.3, 0.4) is 0 Å². The molecule has 1 aromatic rings. The van der Waals surface area contributed by atoms with Crippen molar-refractivity contribution in [1.29, 1.82) is 0 Å². The molecule has 0 fully saturated rings. The molecule has 0 aliphatic rings. The number of hydrogen-bond donors (Lipinski definition) is 1. The monoisotopic (exact) mass is 195 g/mol. The highest BCUT2D eigenvalue weighted by atomic mass is 19.4. The fraction of sp³-hybridized carbons (Fsp3) is 0.200. The van der Waals surface area contributed by atoms with Gasteiger partial charge in [-0.25, -0.2) is 4.79 Å². The second kappa shape index (κ2) is 5.01. The van der Waals surface area contributed by atoms with E-state index in [0.717, 1.165) is 0 Å². The van der Waals surface area contributed by atoms with Gasteiger partial charge in [-0.1, -0.05) is 0 Å². The minimum Gasteiger partial charge on any atom is -0.475 e. The summed E-state index contributed by atoms with van der Waals surface area (Å²) >= 11 is 0. The molecule has 0 aromatic carbocycles. The van der Waals surface area contributed by atoms with Crippen molar-refractivity contribution in [3.05, 3.63) is 18.5 Å². The first-order valence-corrected chi connectivity index (χ1v) is 2.83. The quantitative estimate of drug-likeness (QED) is 0.652. The fourth-order valence-corrected chi connectivity index (χ4v) is 0.205. The number of aliphatic carboxylic acids is 1. The Kier molecular flexibility index (Phi) is 4.34. The van der Waals surface area contributed by atoms with Crippen molar-refractivity contribution in [2.24, 2.45) is 0 Å². The Labute approximate surface area is 70.2 Å². The third-order valence-electron chi connectivity index (χ3n) is 0.651. The fourth-order valence-electron chi connectivity index (χ4n) is 0.205. The van der Waals surface area contributed by atoms with Crippen LogP contribution in [0.1, 0.15) is 0 Å². The molecular weight excluding hydrogens is 191 g/mol. The van der Waals surface area contributed by atoms with Gasteiger partial charge in [0, 0.05) is 0 Å². The lowest BCUT2D eigenvalue weighted by Crippen LogP contribution is -2.21. The van der Waals surface area contributed by atoms with Crippen LogP contribution in [0.15, 0.2) is 18.5 Å². The molecule has 1 N–H and O–H groups in total. The Morgan fingerprint density at radius 3 is 1.69 bits per heavy atom. The van der Waals surface area contributed by atoms with Crippen LogP contribution in [-0.2, 0) is 4.79 Å². The third kappa shape index (κ3) is 6.66. The molecule has 0 saturated carbocycles. The molecule has 0 saturated heterocycles. The van der Waals surface area contributed by atoms with Gasteiger partial charge < -0.3 is 5.11 Å². The molecule has 0 atom stereocenters. The molecule has 8 heteroatoms. The van der Waals surface area contributed by atoms with E-state index < -0.39 is 12.1 Å². The zero-order valence-corrected chi connectivity index (χ0v) is 6.06. The summed E-state index contributed by atoms with van der Waals surface area (Å²) in [6, 6.07) is 1.72. The van der Waals surface area contributed by atoms with Crippen molar-refractivity contribution in [2.75, 3.05) is 0 Å². The summed E-state index contributed by atoms with van der Waals surface area (Å²) in [7, 11) is 0. The number of nitrogens with zero attached hydrogens (tertiary/aromatic N) is 3. The molecule has 0 aliphatic carbocycles. The smallest absolute Gasteiger partial charge is 0.475 e. The van der Waals surface area contributed by atoms with Gasteiger partial charge in [0.1, 0.15) is 0 Å². The minimum atomic E-state index is -5.08. The van der Waals surface area contributed by atoms with Gasteiger partial charge in [0.2, 0.25) is 0 Å². The Bertz CT molecular complexity index is 224. The first kappa shape index (κ1) is 11.3. The summed E-state index contributed by atoms with van der Waals surface area (Å²) < 4.78 is 31.7.